The smallest absolute Gasteiger partial charge is 0.408 e. The number of esters is 1. The van der Waals surface area contributed by atoms with Gasteiger partial charge in [0.1, 0.15) is 52.2 Å². The zero-order valence-corrected chi connectivity index (χ0v) is 25.6. The SMILES string of the molecule is CN(C)[C@@H]1C(=O)C(C(N)=O)=C(O)[C@@]2(C#N)C(=O)C3=C(O)c4c(O)cccc4C(N)[C@@]3(N)[C@H](OC(=O)CNC(=O)OC(C)(C)C)[C@@]12N. The normalized spacial score (nSPS) is 30.6. The van der Waals surface area contributed by atoms with Gasteiger partial charge in [-0.1, -0.05) is 12.1 Å². The van der Waals surface area contributed by atoms with Gasteiger partial charge in [-0.2, -0.15) is 5.26 Å². The number of aliphatic hydroxyl groups is 2. The number of rotatable bonds is 5. The number of aromatic hydroxyl groups is 1. The number of primary amides is 1. The molecule has 1 saturated carbocycles. The van der Waals surface area contributed by atoms with Crippen molar-refractivity contribution in [3.63, 3.8) is 0 Å². The number of carbonyl (C=O) groups is 5. The van der Waals surface area contributed by atoms with Gasteiger partial charge in [-0.3, -0.25) is 24.1 Å². The molecule has 46 heavy (non-hydrogen) atoms. The highest BCUT2D eigenvalue weighted by Gasteiger charge is 2.81. The molecule has 17 heteroatoms. The number of nitrogens with zero attached hydrogens (tertiary/aromatic N) is 2. The van der Waals surface area contributed by atoms with Crippen LogP contribution >= 0.6 is 0 Å². The summed E-state index contributed by atoms with van der Waals surface area (Å²) in [5.41, 5.74) is 13.9. The van der Waals surface area contributed by atoms with Crippen LogP contribution in [0.1, 0.15) is 37.9 Å². The van der Waals surface area contributed by atoms with Gasteiger partial charge < -0.3 is 53.0 Å². The van der Waals surface area contributed by atoms with Gasteiger partial charge in [-0.25, -0.2) is 4.79 Å². The standard InChI is InChI=1S/C29H35N7O10/c1-26(2,3)46-25(44)35-9-13(38)45-24-28(33)16(17(39)14-11(19(28)31)7-6-8-12(14)37)22(42)27(10-30)21(41)15(23(32)43)18(40)20(36(4)5)29(24,27)34/h6-8,19-20,24,37,39,41H,9,31,33-34H2,1-5H3,(H2,32,43)(H,35,44)/t19?,20-,24+,27+,28-,29+/m1/s1. The van der Waals surface area contributed by atoms with Crippen LogP contribution in [-0.2, 0) is 28.7 Å². The number of hydrogen-bond acceptors (Lipinski definition) is 15. The van der Waals surface area contributed by atoms with E-state index in [2.05, 4.69) is 5.32 Å². The molecule has 0 aliphatic heterocycles. The third kappa shape index (κ3) is 4.41. The highest BCUT2D eigenvalue weighted by Crippen LogP contribution is 2.60. The van der Waals surface area contributed by atoms with Crippen molar-refractivity contribution in [2.24, 2.45) is 28.3 Å². The van der Waals surface area contributed by atoms with Crippen molar-refractivity contribution in [1.82, 2.24) is 10.2 Å². The van der Waals surface area contributed by atoms with Crippen molar-refractivity contribution in [1.29, 1.82) is 5.26 Å². The van der Waals surface area contributed by atoms with Crippen LogP contribution in [0.2, 0.25) is 0 Å². The first-order valence-corrected chi connectivity index (χ1v) is 13.8. The van der Waals surface area contributed by atoms with Crippen LogP contribution in [0.5, 0.6) is 5.75 Å². The second kappa shape index (κ2) is 10.8. The fourth-order valence-electron chi connectivity index (χ4n) is 6.64. The molecule has 3 aliphatic carbocycles. The van der Waals surface area contributed by atoms with Gasteiger partial charge in [0.2, 0.25) is 5.41 Å². The minimum atomic E-state index is -3.17. The Morgan fingerprint density at radius 1 is 1.13 bits per heavy atom. The molecule has 6 atom stereocenters. The van der Waals surface area contributed by atoms with E-state index in [1.807, 2.05) is 0 Å². The van der Waals surface area contributed by atoms with Crippen LogP contribution in [0.4, 0.5) is 4.79 Å². The van der Waals surface area contributed by atoms with Gasteiger partial charge in [0.15, 0.2) is 11.6 Å². The molecule has 4 rings (SSSR count). The Kier molecular flexibility index (Phi) is 7.95. The summed E-state index contributed by atoms with van der Waals surface area (Å²) >= 11 is 0. The maximum Gasteiger partial charge on any atom is 0.408 e. The quantitative estimate of drug-likeness (QED) is 0.133. The molecule has 0 aromatic heterocycles. The van der Waals surface area contributed by atoms with Crippen molar-refractivity contribution in [3.8, 4) is 11.8 Å². The number of nitrogens with one attached hydrogen (secondary N) is 1. The second-order valence-electron chi connectivity index (χ2n) is 12.5. The lowest BCUT2D eigenvalue weighted by Crippen LogP contribution is -2.88. The number of benzene rings is 1. The average molecular weight is 642 g/mol. The van der Waals surface area contributed by atoms with Crippen LogP contribution in [-0.4, -0.2) is 99.2 Å². The van der Waals surface area contributed by atoms with E-state index >= 15 is 0 Å². The second-order valence-corrected chi connectivity index (χ2v) is 12.5. The zero-order valence-electron chi connectivity index (χ0n) is 25.6. The van der Waals surface area contributed by atoms with E-state index in [9.17, 15) is 44.6 Å². The molecule has 246 valence electrons. The van der Waals surface area contributed by atoms with Crippen LogP contribution in [0, 0.1) is 16.7 Å². The average Bonchev–Trinajstić information content (AvgIpc) is 2.92. The number of alkyl carbamates (subject to hydrolysis) is 1. The van der Waals surface area contributed by atoms with Gasteiger partial charge in [0, 0.05) is 0 Å². The molecule has 0 spiro atoms. The van der Waals surface area contributed by atoms with Crippen LogP contribution in [0.25, 0.3) is 5.76 Å². The minimum absolute atomic E-state index is 0.0429. The monoisotopic (exact) mass is 641 g/mol. The number of aliphatic hydroxyl groups excluding tert-OH is 2. The highest BCUT2D eigenvalue weighted by molar-refractivity contribution is 6.26. The molecule has 1 fully saturated rings. The number of ether oxygens (including phenoxy) is 2. The molecular weight excluding hydrogens is 606 g/mol. The van der Waals surface area contributed by atoms with Crippen LogP contribution < -0.4 is 28.3 Å². The molecule has 1 unspecified atom stereocenters. The molecule has 0 radical (unpaired) electrons. The Morgan fingerprint density at radius 2 is 1.74 bits per heavy atom. The maximum atomic E-state index is 14.6. The maximum absolute atomic E-state index is 14.6. The summed E-state index contributed by atoms with van der Waals surface area (Å²) in [6.07, 6.45) is -3.27. The predicted octanol–water partition coefficient (Wildman–Crippen LogP) is -1.59. The van der Waals surface area contributed by atoms with Crippen molar-refractivity contribution in [3.05, 3.63) is 46.2 Å². The summed E-state index contributed by atoms with van der Waals surface area (Å²) in [7, 11) is 2.57. The fraction of sp³-hybridized carbons (Fsp3) is 0.448. The summed E-state index contributed by atoms with van der Waals surface area (Å²) in [6, 6.07) is 1.90. The molecule has 17 nitrogen and oxygen atoms in total. The number of hydrogen-bond donors (Lipinski definition) is 8. The first kappa shape index (κ1) is 33.9. The number of nitriles is 1. The predicted molar refractivity (Wildman–Crippen MR) is 157 cm³/mol. The molecule has 1 aromatic carbocycles. The van der Waals surface area contributed by atoms with Crippen LogP contribution in [0.15, 0.2) is 35.1 Å². The van der Waals surface area contributed by atoms with E-state index in [0.717, 1.165) is 11.0 Å². The number of ketones is 2. The molecule has 3 aliphatic rings. The van der Waals surface area contributed by atoms with Gasteiger partial charge in [0.05, 0.1) is 29.3 Å². The van der Waals surface area contributed by atoms with Gasteiger partial charge >= 0.3 is 12.1 Å². The Labute approximate surface area is 262 Å². The summed E-state index contributed by atoms with van der Waals surface area (Å²) < 4.78 is 10.9. The number of likely N-dealkylation sites (N-methyl/N-ethyl adjacent to an activating group) is 1. The largest absolute Gasteiger partial charge is 0.509 e. The van der Waals surface area contributed by atoms with Gasteiger partial charge in [0.25, 0.3) is 5.91 Å². The number of fused-ring (bicyclic) bond motifs is 3. The summed E-state index contributed by atoms with van der Waals surface area (Å²) in [5, 5.41) is 46.5. The molecule has 0 heterocycles. The number of amides is 2. The van der Waals surface area contributed by atoms with E-state index in [1.54, 1.807) is 26.8 Å². The first-order valence-electron chi connectivity index (χ1n) is 13.8. The zero-order chi connectivity index (χ0) is 34.9. The molecule has 2 amide bonds. The minimum Gasteiger partial charge on any atom is -0.509 e. The number of Topliss-reactive ketones (excluding diaryl/α,β-unsaturated/α-hetero) is 2. The lowest BCUT2D eigenvalue weighted by atomic mass is 9.45. The number of phenols is 1. The topological polar surface area (TPSA) is 308 Å². The number of carbonyl (C=O) groups excluding carboxylic acids is 5. The Balaban J connectivity index is 2.08. The van der Waals surface area contributed by atoms with Crippen molar-refractivity contribution >= 4 is 35.3 Å². The summed E-state index contributed by atoms with van der Waals surface area (Å²) in [4.78, 5) is 67.7. The lowest BCUT2D eigenvalue weighted by molar-refractivity contribution is -0.176. The van der Waals surface area contributed by atoms with Crippen molar-refractivity contribution in [2.45, 2.75) is 55.6 Å². The molecular formula is C29H35N7O10. The Bertz CT molecular complexity index is 1690. The Hall–Kier alpha value is -5.02. The molecule has 12 N–H and O–H groups in total. The van der Waals surface area contributed by atoms with E-state index in [-0.39, 0.29) is 11.1 Å². The summed E-state index contributed by atoms with van der Waals surface area (Å²) in [5.74, 6) is -8.57. The van der Waals surface area contributed by atoms with Crippen molar-refractivity contribution < 1.29 is 48.8 Å². The fourth-order valence-corrected chi connectivity index (χ4v) is 6.64. The lowest BCUT2D eigenvalue weighted by Gasteiger charge is -2.62. The Morgan fingerprint density at radius 3 is 2.26 bits per heavy atom. The van der Waals surface area contributed by atoms with E-state index in [0.29, 0.717) is 0 Å². The first-order chi connectivity index (χ1) is 21.1. The number of phenolic OH excluding ortho intramolecular Hbond substituents is 1. The van der Waals surface area contributed by atoms with E-state index in [1.165, 1.54) is 26.2 Å². The van der Waals surface area contributed by atoms with E-state index in [4.69, 9.17) is 32.4 Å². The molecule has 0 saturated heterocycles. The van der Waals surface area contributed by atoms with Gasteiger partial charge in [-0.05, 0) is 46.5 Å². The van der Waals surface area contributed by atoms with Crippen molar-refractivity contribution in [2.75, 3.05) is 20.6 Å². The molecule has 0 bridgehead atoms. The highest BCUT2D eigenvalue weighted by atomic mass is 16.6. The van der Waals surface area contributed by atoms with Gasteiger partial charge in [-0.15, -0.1) is 0 Å². The van der Waals surface area contributed by atoms with Crippen LogP contribution in [0.3, 0.4) is 0 Å². The number of nitrogens with two attached hydrogens (primary N) is 4. The molecule has 1 aromatic rings. The third-order valence-electron chi connectivity index (χ3n) is 8.41. The summed E-state index contributed by atoms with van der Waals surface area (Å²) in [6.45, 7) is 3.83. The third-order valence-corrected chi connectivity index (χ3v) is 8.41. The van der Waals surface area contributed by atoms with E-state index < -0.39 is 105 Å².